The van der Waals surface area contributed by atoms with E-state index in [1.54, 1.807) is 24.1 Å². The second kappa shape index (κ2) is 6.36. The van der Waals surface area contributed by atoms with Crippen molar-refractivity contribution in [2.24, 2.45) is 0 Å². The third-order valence-electron chi connectivity index (χ3n) is 4.84. The molecular formula is C18H18N2O6. The lowest BCUT2D eigenvalue weighted by atomic mass is 10.0. The molecule has 0 aliphatic carbocycles. The molecule has 0 radical (unpaired) electrons. The molecule has 0 bridgehead atoms. The second-order valence-corrected chi connectivity index (χ2v) is 6.33. The van der Waals surface area contributed by atoms with Crippen LogP contribution in [-0.4, -0.2) is 60.6 Å². The standard InChI is InChI=1S/C18H18N2O6/c1-24-13-4-2-3-11-9-14(26-16(11)13)17(22)19-7-5-12(6-8-19)20-15(21)10-25-18(20)23/h2-4,9,12H,5-8,10H2,1H3. The summed E-state index contributed by atoms with van der Waals surface area (Å²) in [6.07, 6.45) is 0.455. The number of carbonyl (C=O) groups is 3. The van der Waals surface area contributed by atoms with Gasteiger partial charge in [0.05, 0.1) is 7.11 Å². The van der Waals surface area contributed by atoms with Gasteiger partial charge in [-0.25, -0.2) is 9.69 Å². The van der Waals surface area contributed by atoms with E-state index in [-0.39, 0.29) is 30.2 Å². The Balaban J connectivity index is 1.47. The highest BCUT2D eigenvalue weighted by Crippen LogP contribution is 2.30. The van der Waals surface area contributed by atoms with Crippen molar-refractivity contribution >= 4 is 28.9 Å². The van der Waals surface area contributed by atoms with E-state index in [0.717, 1.165) is 5.39 Å². The Bertz CT molecular complexity index is 865. The van der Waals surface area contributed by atoms with Crippen molar-refractivity contribution in [1.29, 1.82) is 0 Å². The first kappa shape index (κ1) is 16.4. The number of amides is 3. The summed E-state index contributed by atoms with van der Waals surface area (Å²) in [5.74, 6) is 0.298. The molecule has 1 aromatic carbocycles. The van der Waals surface area contributed by atoms with E-state index in [9.17, 15) is 14.4 Å². The number of fused-ring (bicyclic) bond motifs is 1. The smallest absolute Gasteiger partial charge is 0.417 e. The Morgan fingerprint density at radius 3 is 2.65 bits per heavy atom. The fourth-order valence-electron chi connectivity index (χ4n) is 3.50. The number of para-hydroxylation sites is 1. The molecule has 0 unspecified atom stereocenters. The van der Waals surface area contributed by atoms with Crippen LogP contribution < -0.4 is 4.74 Å². The normalized spacial score (nSPS) is 18.5. The van der Waals surface area contributed by atoms with Crippen molar-refractivity contribution in [2.45, 2.75) is 18.9 Å². The number of ether oxygens (including phenoxy) is 2. The number of furan rings is 1. The summed E-state index contributed by atoms with van der Waals surface area (Å²) < 4.78 is 15.7. The van der Waals surface area contributed by atoms with Gasteiger partial charge in [0.15, 0.2) is 23.7 Å². The van der Waals surface area contributed by atoms with E-state index in [1.807, 2.05) is 12.1 Å². The SMILES string of the molecule is COc1cccc2cc(C(=O)N3CCC(N4C(=O)COC4=O)CC3)oc12. The van der Waals surface area contributed by atoms with Crippen molar-refractivity contribution in [3.8, 4) is 5.75 Å². The summed E-state index contributed by atoms with van der Waals surface area (Å²) in [5, 5.41) is 0.799. The number of imide groups is 1. The van der Waals surface area contributed by atoms with Crippen molar-refractivity contribution in [3.63, 3.8) is 0 Å². The van der Waals surface area contributed by atoms with E-state index < -0.39 is 6.09 Å². The zero-order chi connectivity index (χ0) is 18.3. The minimum atomic E-state index is -0.593. The number of nitrogens with zero attached hydrogens (tertiary/aromatic N) is 2. The fourth-order valence-corrected chi connectivity index (χ4v) is 3.50. The predicted octanol–water partition coefficient (Wildman–Crippen LogP) is 2.02. The predicted molar refractivity (Wildman–Crippen MR) is 89.9 cm³/mol. The van der Waals surface area contributed by atoms with Crippen LogP contribution in [0.15, 0.2) is 28.7 Å². The molecule has 3 heterocycles. The Labute approximate surface area is 149 Å². The molecule has 4 rings (SSSR count). The highest BCUT2D eigenvalue weighted by molar-refractivity contribution is 5.99. The summed E-state index contributed by atoms with van der Waals surface area (Å²) in [6.45, 7) is 0.683. The largest absolute Gasteiger partial charge is 0.493 e. The molecule has 2 aliphatic rings. The highest BCUT2D eigenvalue weighted by Gasteiger charge is 2.39. The number of likely N-dealkylation sites (tertiary alicyclic amines) is 1. The lowest BCUT2D eigenvalue weighted by Gasteiger charge is -2.34. The molecule has 8 nitrogen and oxygen atoms in total. The van der Waals surface area contributed by atoms with Gasteiger partial charge in [-0.1, -0.05) is 12.1 Å². The molecule has 8 heteroatoms. The summed E-state index contributed by atoms with van der Waals surface area (Å²) in [5.41, 5.74) is 0.540. The molecule has 2 saturated heterocycles. The van der Waals surface area contributed by atoms with Crippen LogP contribution in [0.1, 0.15) is 23.4 Å². The summed E-state index contributed by atoms with van der Waals surface area (Å²) in [7, 11) is 1.55. The van der Waals surface area contributed by atoms with Crippen LogP contribution >= 0.6 is 0 Å². The molecule has 1 aromatic heterocycles. The van der Waals surface area contributed by atoms with Crippen LogP contribution in [0.5, 0.6) is 5.75 Å². The minimum Gasteiger partial charge on any atom is -0.493 e. The topological polar surface area (TPSA) is 89.3 Å². The summed E-state index contributed by atoms with van der Waals surface area (Å²) >= 11 is 0. The maximum absolute atomic E-state index is 12.7. The molecule has 2 aliphatic heterocycles. The number of rotatable bonds is 3. The number of piperidine rings is 1. The Morgan fingerprint density at radius 1 is 1.23 bits per heavy atom. The van der Waals surface area contributed by atoms with Gasteiger partial charge in [0.2, 0.25) is 0 Å². The van der Waals surface area contributed by atoms with Gasteiger partial charge in [-0.05, 0) is 25.0 Å². The number of methoxy groups -OCH3 is 1. The van der Waals surface area contributed by atoms with Gasteiger partial charge < -0.3 is 18.8 Å². The molecule has 136 valence electrons. The van der Waals surface area contributed by atoms with Crippen molar-refractivity contribution < 1.29 is 28.3 Å². The molecule has 0 atom stereocenters. The molecule has 0 saturated carbocycles. The quantitative estimate of drug-likeness (QED) is 0.834. The minimum absolute atomic E-state index is 0.196. The average Bonchev–Trinajstić information content (AvgIpc) is 3.24. The van der Waals surface area contributed by atoms with Crippen LogP contribution in [0.4, 0.5) is 4.79 Å². The zero-order valence-electron chi connectivity index (χ0n) is 14.3. The maximum atomic E-state index is 12.7. The average molecular weight is 358 g/mol. The van der Waals surface area contributed by atoms with Crippen molar-refractivity contribution in [2.75, 3.05) is 26.8 Å². The summed E-state index contributed by atoms with van der Waals surface area (Å²) in [4.78, 5) is 39.0. The van der Waals surface area contributed by atoms with Crippen LogP contribution in [0.2, 0.25) is 0 Å². The summed E-state index contributed by atoms with van der Waals surface area (Å²) in [6, 6.07) is 6.94. The number of cyclic esters (lactones) is 1. The molecule has 2 aromatic rings. The number of hydrogen-bond acceptors (Lipinski definition) is 6. The van der Waals surface area contributed by atoms with Gasteiger partial charge in [0.25, 0.3) is 11.8 Å². The van der Waals surface area contributed by atoms with E-state index in [2.05, 4.69) is 0 Å². The van der Waals surface area contributed by atoms with Gasteiger partial charge in [-0.15, -0.1) is 0 Å². The van der Waals surface area contributed by atoms with Gasteiger partial charge in [0, 0.05) is 24.5 Å². The first-order chi connectivity index (χ1) is 12.6. The molecule has 0 spiro atoms. The number of carbonyl (C=O) groups excluding carboxylic acids is 3. The van der Waals surface area contributed by atoms with E-state index in [1.165, 1.54) is 4.90 Å². The number of hydrogen-bond donors (Lipinski definition) is 0. The maximum Gasteiger partial charge on any atom is 0.417 e. The Kier molecular flexibility index (Phi) is 4.02. The third kappa shape index (κ3) is 2.67. The van der Waals surface area contributed by atoms with E-state index in [4.69, 9.17) is 13.9 Å². The Morgan fingerprint density at radius 2 is 2.00 bits per heavy atom. The zero-order valence-corrected chi connectivity index (χ0v) is 14.3. The molecule has 3 amide bonds. The Hall–Kier alpha value is -3.03. The van der Waals surface area contributed by atoms with Crippen LogP contribution in [0, 0.1) is 0 Å². The lowest BCUT2D eigenvalue weighted by Crippen LogP contribution is -2.48. The van der Waals surface area contributed by atoms with E-state index in [0.29, 0.717) is 37.3 Å². The first-order valence-electron chi connectivity index (χ1n) is 8.43. The van der Waals surface area contributed by atoms with Gasteiger partial charge >= 0.3 is 6.09 Å². The van der Waals surface area contributed by atoms with Crippen LogP contribution in [0.25, 0.3) is 11.0 Å². The first-order valence-corrected chi connectivity index (χ1v) is 8.43. The van der Waals surface area contributed by atoms with Gasteiger partial charge in [-0.2, -0.15) is 0 Å². The van der Waals surface area contributed by atoms with Gasteiger partial charge in [0.1, 0.15) is 0 Å². The molecule has 2 fully saturated rings. The van der Waals surface area contributed by atoms with Crippen LogP contribution in [-0.2, 0) is 9.53 Å². The fraction of sp³-hybridized carbons (Fsp3) is 0.389. The van der Waals surface area contributed by atoms with Crippen molar-refractivity contribution in [1.82, 2.24) is 9.80 Å². The third-order valence-corrected chi connectivity index (χ3v) is 4.84. The molecular weight excluding hydrogens is 340 g/mol. The second-order valence-electron chi connectivity index (χ2n) is 6.33. The monoisotopic (exact) mass is 358 g/mol. The highest BCUT2D eigenvalue weighted by atomic mass is 16.6. The van der Waals surface area contributed by atoms with E-state index >= 15 is 0 Å². The number of benzene rings is 1. The molecule has 0 N–H and O–H groups in total. The van der Waals surface area contributed by atoms with Crippen molar-refractivity contribution in [3.05, 3.63) is 30.0 Å². The lowest BCUT2D eigenvalue weighted by molar-refractivity contribution is -0.127. The van der Waals surface area contributed by atoms with Crippen LogP contribution in [0.3, 0.4) is 0 Å². The molecule has 26 heavy (non-hydrogen) atoms. The van der Waals surface area contributed by atoms with Gasteiger partial charge in [-0.3, -0.25) is 9.59 Å².